The van der Waals surface area contributed by atoms with Crippen molar-refractivity contribution in [1.82, 2.24) is 5.48 Å². The molecule has 0 saturated carbocycles. The zero-order chi connectivity index (χ0) is 10.8. The van der Waals surface area contributed by atoms with Crippen LogP contribution in [0.25, 0.3) is 0 Å². The molecule has 78 valence electrons. The average Bonchev–Trinajstić information content (AvgIpc) is 2.53. The van der Waals surface area contributed by atoms with Gasteiger partial charge in [-0.3, -0.25) is 0 Å². The fourth-order valence-corrected chi connectivity index (χ4v) is 1.10. The monoisotopic (exact) mass is 198 g/mol. The van der Waals surface area contributed by atoms with Crippen LogP contribution in [0.5, 0.6) is 0 Å². The Morgan fingerprint density at radius 2 is 2.14 bits per heavy atom. The second-order valence-corrected chi connectivity index (χ2v) is 3.60. The smallest absolute Gasteiger partial charge is 0.153 e. The maximum Gasteiger partial charge on any atom is 0.153 e. The summed E-state index contributed by atoms with van der Waals surface area (Å²) >= 11 is 0. The van der Waals surface area contributed by atoms with Crippen LogP contribution in [0.15, 0.2) is 21.7 Å². The molecule has 1 aromatic heterocycles. The van der Waals surface area contributed by atoms with Crippen molar-refractivity contribution < 1.29 is 14.8 Å². The molecule has 0 aliphatic heterocycles. The molecule has 5 heteroatoms. The van der Waals surface area contributed by atoms with Crippen LogP contribution >= 0.6 is 0 Å². The van der Waals surface area contributed by atoms with Crippen molar-refractivity contribution in [2.45, 2.75) is 26.3 Å². The van der Waals surface area contributed by atoms with E-state index in [9.17, 15) is 0 Å². The maximum atomic E-state index is 8.88. The largest absolute Gasteiger partial charge is 0.460 e. The van der Waals surface area contributed by atoms with Gasteiger partial charge in [0.25, 0.3) is 0 Å². The fraction of sp³-hybridized carbons (Fsp3) is 0.444. The van der Waals surface area contributed by atoms with Crippen molar-refractivity contribution in [3.63, 3.8) is 0 Å². The van der Waals surface area contributed by atoms with Crippen LogP contribution in [0.1, 0.15) is 25.4 Å². The lowest BCUT2D eigenvalue weighted by Crippen LogP contribution is -2.45. The van der Waals surface area contributed by atoms with Crippen LogP contribution in [0.4, 0.5) is 0 Å². The maximum absolute atomic E-state index is 8.88. The molecule has 0 atom stereocenters. The summed E-state index contributed by atoms with van der Waals surface area (Å²) in [7, 11) is 0. The molecule has 0 bridgehead atoms. The number of aryl methyl sites for hydroxylation is 1. The summed E-state index contributed by atoms with van der Waals surface area (Å²) in [6, 6.07) is 3.44. The topological polar surface area (TPSA) is 78.0 Å². The Morgan fingerprint density at radius 3 is 2.50 bits per heavy atom. The van der Waals surface area contributed by atoms with Gasteiger partial charge in [0.2, 0.25) is 0 Å². The van der Waals surface area contributed by atoms with Gasteiger partial charge < -0.3 is 14.8 Å². The highest BCUT2D eigenvalue weighted by atomic mass is 16.5. The van der Waals surface area contributed by atoms with Gasteiger partial charge in [-0.1, -0.05) is 5.16 Å². The van der Waals surface area contributed by atoms with Crippen LogP contribution in [-0.2, 0) is 0 Å². The van der Waals surface area contributed by atoms with Gasteiger partial charge in [0, 0.05) is 0 Å². The summed E-state index contributed by atoms with van der Waals surface area (Å²) in [5.41, 5.74) is 1.43. The summed E-state index contributed by atoms with van der Waals surface area (Å²) < 4.78 is 5.28. The van der Waals surface area contributed by atoms with E-state index >= 15 is 0 Å². The summed E-state index contributed by atoms with van der Waals surface area (Å²) in [4.78, 5) is 0. The Balaban J connectivity index is 3.06. The number of oxime groups is 1. The van der Waals surface area contributed by atoms with Crippen molar-refractivity contribution >= 4 is 5.71 Å². The van der Waals surface area contributed by atoms with E-state index in [0.29, 0.717) is 5.76 Å². The number of nitrogens with one attached hydrogen (secondary N) is 1. The highest BCUT2D eigenvalue weighted by Crippen LogP contribution is 2.16. The zero-order valence-electron chi connectivity index (χ0n) is 8.40. The lowest BCUT2D eigenvalue weighted by atomic mass is 9.98. The van der Waals surface area contributed by atoms with Crippen molar-refractivity contribution in [3.05, 3.63) is 23.7 Å². The van der Waals surface area contributed by atoms with Crippen LogP contribution in [0.3, 0.4) is 0 Å². The molecule has 0 radical (unpaired) electrons. The molecule has 0 spiro atoms. The lowest BCUT2D eigenvalue weighted by molar-refractivity contribution is 0.113. The van der Waals surface area contributed by atoms with Crippen molar-refractivity contribution in [2.24, 2.45) is 5.16 Å². The minimum atomic E-state index is -0.862. The molecule has 1 heterocycles. The Labute approximate surface area is 82.0 Å². The standard InChI is InChI=1S/C9H14N2O3/c1-6-4-5-7(14-6)8(10-12)9(2,3)11-13/h4-5,11-13H,1-3H3. The SMILES string of the molecule is Cc1ccc(C(=NO)C(C)(C)NO)o1. The summed E-state index contributed by atoms with van der Waals surface area (Å²) in [5, 5.41) is 20.8. The van der Waals surface area contributed by atoms with Gasteiger partial charge in [-0.15, -0.1) is 0 Å². The van der Waals surface area contributed by atoms with E-state index in [1.54, 1.807) is 32.9 Å². The predicted octanol–water partition coefficient (Wildman–Crippen LogP) is 1.52. The highest BCUT2D eigenvalue weighted by Gasteiger charge is 2.28. The van der Waals surface area contributed by atoms with Gasteiger partial charge in [0.1, 0.15) is 11.5 Å². The molecular formula is C9H14N2O3. The molecule has 0 amide bonds. The molecule has 5 nitrogen and oxygen atoms in total. The number of nitrogens with zero attached hydrogens (tertiary/aromatic N) is 1. The fourth-order valence-electron chi connectivity index (χ4n) is 1.10. The summed E-state index contributed by atoms with van der Waals surface area (Å²) in [6.45, 7) is 5.12. The first-order valence-corrected chi connectivity index (χ1v) is 4.22. The van der Waals surface area contributed by atoms with Gasteiger partial charge in [0.05, 0.1) is 5.54 Å². The van der Waals surface area contributed by atoms with Crippen LogP contribution < -0.4 is 5.48 Å². The first-order valence-electron chi connectivity index (χ1n) is 4.22. The Kier molecular flexibility index (Phi) is 2.93. The minimum absolute atomic E-state index is 0.244. The van der Waals surface area contributed by atoms with E-state index in [1.165, 1.54) is 0 Å². The summed E-state index contributed by atoms with van der Waals surface area (Å²) in [6.07, 6.45) is 0. The summed E-state index contributed by atoms with van der Waals surface area (Å²) in [5.74, 6) is 1.14. The van der Waals surface area contributed by atoms with E-state index in [-0.39, 0.29) is 5.71 Å². The van der Waals surface area contributed by atoms with Gasteiger partial charge in [-0.25, -0.2) is 0 Å². The predicted molar refractivity (Wildman–Crippen MR) is 50.8 cm³/mol. The van der Waals surface area contributed by atoms with Crippen molar-refractivity contribution in [3.8, 4) is 0 Å². The lowest BCUT2D eigenvalue weighted by Gasteiger charge is -2.21. The second-order valence-electron chi connectivity index (χ2n) is 3.60. The third-order valence-electron chi connectivity index (χ3n) is 1.95. The molecule has 0 aliphatic carbocycles. The van der Waals surface area contributed by atoms with Gasteiger partial charge in [-0.2, -0.15) is 5.48 Å². The Bertz CT molecular complexity index is 342. The normalized spacial score (nSPS) is 13.3. The van der Waals surface area contributed by atoms with Crippen LogP contribution in [-0.4, -0.2) is 21.7 Å². The first-order chi connectivity index (χ1) is 6.51. The van der Waals surface area contributed by atoms with Gasteiger partial charge >= 0.3 is 0 Å². The third kappa shape index (κ3) is 1.94. The highest BCUT2D eigenvalue weighted by molar-refractivity contribution is 6.04. The van der Waals surface area contributed by atoms with Crippen molar-refractivity contribution in [2.75, 3.05) is 0 Å². The van der Waals surface area contributed by atoms with Crippen molar-refractivity contribution in [1.29, 1.82) is 0 Å². The number of hydrogen-bond donors (Lipinski definition) is 3. The van der Waals surface area contributed by atoms with E-state index < -0.39 is 5.54 Å². The molecular weight excluding hydrogens is 184 g/mol. The molecule has 1 rings (SSSR count). The zero-order valence-corrected chi connectivity index (χ0v) is 8.40. The first kappa shape index (κ1) is 10.7. The number of rotatable bonds is 3. The van der Waals surface area contributed by atoms with Crippen LogP contribution in [0.2, 0.25) is 0 Å². The van der Waals surface area contributed by atoms with Gasteiger partial charge in [-0.05, 0) is 32.9 Å². The number of hydroxylamine groups is 1. The quantitative estimate of drug-likeness (QED) is 0.391. The van der Waals surface area contributed by atoms with E-state index in [2.05, 4.69) is 5.16 Å². The molecule has 0 saturated heterocycles. The van der Waals surface area contributed by atoms with Gasteiger partial charge in [0.15, 0.2) is 5.76 Å². The Hall–Kier alpha value is -1.33. The molecule has 1 aromatic rings. The molecule has 3 N–H and O–H groups in total. The minimum Gasteiger partial charge on any atom is -0.460 e. The molecule has 0 aromatic carbocycles. The average molecular weight is 198 g/mol. The molecule has 0 fully saturated rings. The van der Waals surface area contributed by atoms with E-state index in [0.717, 1.165) is 5.76 Å². The molecule has 0 unspecified atom stereocenters. The van der Waals surface area contributed by atoms with E-state index in [4.69, 9.17) is 14.8 Å². The Morgan fingerprint density at radius 1 is 1.50 bits per heavy atom. The van der Waals surface area contributed by atoms with Crippen LogP contribution in [0, 0.1) is 6.92 Å². The molecule has 0 aliphatic rings. The third-order valence-corrected chi connectivity index (χ3v) is 1.95. The second kappa shape index (κ2) is 3.81. The van der Waals surface area contributed by atoms with E-state index in [1.807, 2.05) is 5.48 Å². The number of hydrogen-bond acceptors (Lipinski definition) is 5. The molecule has 14 heavy (non-hydrogen) atoms. The number of furan rings is 1.